The van der Waals surface area contributed by atoms with Crippen molar-refractivity contribution in [3.8, 4) is 16.9 Å². The third kappa shape index (κ3) is 7.73. The van der Waals surface area contributed by atoms with Gasteiger partial charge in [-0.3, -0.25) is 9.69 Å². The van der Waals surface area contributed by atoms with E-state index >= 15 is 0 Å². The van der Waals surface area contributed by atoms with Crippen LogP contribution >= 0.6 is 0 Å². The largest absolute Gasteiger partial charge is 0.573 e. The molecule has 3 rings (SSSR count). The molecule has 0 saturated heterocycles. The van der Waals surface area contributed by atoms with Crippen LogP contribution in [0.5, 0.6) is 5.75 Å². The predicted molar refractivity (Wildman–Crippen MR) is 130 cm³/mol. The Balaban J connectivity index is 0.00000210. The number of halogens is 3. The molecule has 0 radical (unpaired) electrons. The normalized spacial score (nSPS) is 17.7. The lowest BCUT2D eigenvalue weighted by Gasteiger charge is -2.37. The molecule has 1 aliphatic carbocycles. The zero-order chi connectivity index (χ0) is 26.2. The predicted octanol–water partition coefficient (Wildman–Crippen LogP) is 7.00. The highest BCUT2D eigenvalue weighted by atomic mass is 19.4. The molecule has 5 nitrogen and oxygen atoms in total. The van der Waals surface area contributed by atoms with E-state index in [1.807, 2.05) is 13.8 Å². The molecule has 0 spiro atoms. The van der Waals surface area contributed by atoms with E-state index in [4.69, 9.17) is 0 Å². The van der Waals surface area contributed by atoms with Crippen molar-refractivity contribution in [1.82, 2.24) is 0 Å². The Morgan fingerprint density at radius 1 is 0.886 bits per heavy atom. The summed E-state index contributed by atoms with van der Waals surface area (Å²) in [5.41, 5.74) is 2.03. The highest BCUT2D eigenvalue weighted by molar-refractivity contribution is 6.38. The number of methoxy groups -OCH3 is 1. The molecule has 1 aliphatic rings. The first-order valence-electron chi connectivity index (χ1n) is 12.0. The highest BCUT2D eigenvalue weighted by Gasteiger charge is 2.34. The molecule has 1 amide bonds. The third-order valence-corrected chi connectivity index (χ3v) is 6.19. The van der Waals surface area contributed by atoms with Gasteiger partial charge in [-0.25, -0.2) is 4.79 Å². The van der Waals surface area contributed by atoms with Gasteiger partial charge in [0.2, 0.25) is 0 Å². The molecule has 35 heavy (non-hydrogen) atoms. The minimum Gasteiger partial charge on any atom is -0.462 e. The summed E-state index contributed by atoms with van der Waals surface area (Å²) in [6.45, 7) is 8.39. The Labute approximate surface area is 205 Å². The van der Waals surface area contributed by atoms with Gasteiger partial charge in [0.25, 0.3) is 0 Å². The molecule has 2 aromatic carbocycles. The fraction of sp³-hybridized carbons (Fsp3) is 0.481. The number of anilines is 1. The van der Waals surface area contributed by atoms with Gasteiger partial charge >= 0.3 is 18.2 Å². The first-order valence-corrected chi connectivity index (χ1v) is 12.0. The lowest BCUT2D eigenvalue weighted by atomic mass is 9.79. The summed E-state index contributed by atoms with van der Waals surface area (Å²) in [6, 6.07) is 12.5. The number of benzene rings is 2. The van der Waals surface area contributed by atoms with E-state index in [9.17, 15) is 22.8 Å². The molecule has 0 unspecified atom stereocenters. The maximum atomic E-state index is 12.8. The molecule has 8 heteroatoms. The van der Waals surface area contributed by atoms with Gasteiger partial charge < -0.3 is 9.47 Å². The molecule has 0 bridgehead atoms. The first kappa shape index (κ1) is 28.2. The van der Waals surface area contributed by atoms with E-state index in [1.165, 1.54) is 36.3 Å². The summed E-state index contributed by atoms with van der Waals surface area (Å²) in [5, 5.41) is 0. The van der Waals surface area contributed by atoms with Crippen LogP contribution in [0.1, 0.15) is 53.4 Å². The monoisotopic (exact) mass is 493 g/mol. The van der Waals surface area contributed by atoms with Crippen LogP contribution in [0.2, 0.25) is 0 Å². The zero-order valence-corrected chi connectivity index (χ0v) is 20.9. The molecular weight excluding hydrogens is 459 g/mol. The number of carbonyl (C=O) groups is 2. The number of amides is 1. The minimum absolute atomic E-state index is 0.101. The SMILES string of the molecule is CC.COC(=O)C(=O)N(c1ccc(-c2ccc(OC(F)(F)F)cc2)cc1)C1CCC(C(C)C)CC1. The van der Waals surface area contributed by atoms with Gasteiger partial charge in [-0.2, -0.15) is 0 Å². The van der Waals surface area contributed by atoms with Crippen LogP contribution in [0.15, 0.2) is 48.5 Å². The minimum atomic E-state index is -4.74. The first-order chi connectivity index (χ1) is 16.6. The van der Waals surface area contributed by atoms with Gasteiger partial charge in [-0.15, -0.1) is 13.2 Å². The molecule has 0 N–H and O–H groups in total. The number of carbonyl (C=O) groups excluding carboxylic acids is 2. The fourth-order valence-corrected chi connectivity index (χ4v) is 4.37. The standard InChI is InChI=1S/C25H28F3NO4.C2H6/c1-16(2)17-4-10-20(11-5-17)29(23(30)24(31)32-3)21-12-6-18(7-13-21)19-8-14-22(15-9-19)33-25(26,27)28;1-2/h6-9,12-17,20H,4-5,10-11H2,1-3H3;1-2H3. The van der Waals surface area contributed by atoms with Gasteiger partial charge in [0.05, 0.1) is 7.11 Å². The number of ether oxygens (including phenoxy) is 2. The highest BCUT2D eigenvalue weighted by Crippen LogP contribution is 2.35. The molecule has 0 atom stereocenters. The van der Waals surface area contributed by atoms with Crippen molar-refractivity contribution >= 4 is 17.6 Å². The van der Waals surface area contributed by atoms with E-state index in [2.05, 4.69) is 23.3 Å². The maximum absolute atomic E-state index is 12.8. The molecule has 0 heterocycles. The zero-order valence-electron chi connectivity index (χ0n) is 20.9. The molecule has 0 aromatic heterocycles. The maximum Gasteiger partial charge on any atom is 0.573 e. The average molecular weight is 494 g/mol. The second kappa shape index (κ2) is 12.6. The Morgan fingerprint density at radius 2 is 1.37 bits per heavy atom. The number of nitrogens with zero attached hydrogens (tertiary/aromatic N) is 1. The van der Waals surface area contributed by atoms with E-state index < -0.39 is 18.2 Å². The van der Waals surface area contributed by atoms with Crippen LogP contribution in [0, 0.1) is 11.8 Å². The number of rotatable bonds is 5. The van der Waals surface area contributed by atoms with Crippen molar-refractivity contribution in [1.29, 1.82) is 0 Å². The Hall–Kier alpha value is -3.03. The fourth-order valence-electron chi connectivity index (χ4n) is 4.37. The summed E-state index contributed by atoms with van der Waals surface area (Å²) >= 11 is 0. The van der Waals surface area contributed by atoms with Crippen molar-refractivity contribution < 1.29 is 32.2 Å². The lowest BCUT2D eigenvalue weighted by molar-refractivity contribution is -0.274. The molecule has 2 aromatic rings. The lowest BCUT2D eigenvalue weighted by Crippen LogP contribution is -2.46. The van der Waals surface area contributed by atoms with Crippen LogP contribution in [-0.2, 0) is 14.3 Å². The van der Waals surface area contributed by atoms with Crippen molar-refractivity contribution in [3.63, 3.8) is 0 Å². The molecule has 1 saturated carbocycles. The third-order valence-electron chi connectivity index (χ3n) is 6.19. The van der Waals surface area contributed by atoms with Crippen molar-refractivity contribution in [2.45, 2.75) is 65.8 Å². The molecule has 192 valence electrons. The second-order valence-corrected chi connectivity index (χ2v) is 8.60. The van der Waals surface area contributed by atoms with Crippen LogP contribution in [0.25, 0.3) is 11.1 Å². The molecular formula is C27H34F3NO4. The second-order valence-electron chi connectivity index (χ2n) is 8.60. The van der Waals surface area contributed by atoms with E-state index in [0.29, 0.717) is 23.1 Å². The van der Waals surface area contributed by atoms with Crippen LogP contribution < -0.4 is 9.64 Å². The number of esters is 1. The summed E-state index contributed by atoms with van der Waals surface area (Å²) in [7, 11) is 1.18. The summed E-state index contributed by atoms with van der Waals surface area (Å²) < 4.78 is 45.7. The quantitative estimate of drug-likeness (QED) is 0.332. The van der Waals surface area contributed by atoms with Gasteiger partial charge in [0.1, 0.15) is 5.75 Å². The van der Waals surface area contributed by atoms with Crippen LogP contribution in [0.3, 0.4) is 0 Å². The summed E-state index contributed by atoms with van der Waals surface area (Å²) in [6.07, 6.45) is -1.18. The summed E-state index contributed by atoms with van der Waals surface area (Å²) in [4.78, 5) is 26.4. The van der Waals surface area contributed by atoms with E-state index in [1.54, 1.807) is 24.3 Å². The Bertz CT molecular complexity index is 948. The smallest absolute Gasteiger partial charge is 0.462 e. The Kier molecular flexibility index (Phi) is 10.2. The molecule has 1 fully saturated rings. The number of hydrogen-bond acceptors (Lipinski definition) is 4. The summed E-state index contributed by atoms with van der Waals surface area (Å²) in [5.74, 6) is -0.738. The van der Waals surface area contributed by atoms with Gasteiger partial charge in [0.15, 0.2) is 0 Å². The van der Waals surface area contributed by atoms with Gasteiger partial charge in [0, 0.05) is 11.7 Å². The Morgan fingerprint density at radius 3 is 1.80 bits per heavy atom. The van der Waals surface area contributed by atoms with Crippen LogP contribution in [0.4, 0.5) is 18.9 Å². The van der Waals surface area contributed by atoms with E-state index in [-0.39, 0.29) is 11.8 Å². The average Bonchev–Trinajstić information content (AvgIpc) is 2.85. The van der Waals surface area contributed by atoms with E-state index in [0.717, 1.165) is 31.2 Å². The van der Waals surface area contributed by atoms with Crippen molar-refractivity contribution in [2.24, 2.45) is 11.8 Å². The van der Waals surface area contributed by atoms with Crippen LogP contribution in [-0.4, -0.2) is 31.4 Å². The van der Waals surface area contributed by atoms with Gasteiger partial charge in [-0.1, -0.05) is 52.0 Å². The molecule has 0 aliphatic heterocycles. The topological polar surface area (TPSA) is 55.8 Å². The number of alkyl halides is 3. The van der Waals surface area contributed by atoms with Gasteiger partial charge in [-0.05, 0) is 72.9 Å². The number of hydrogen-bond donors (Lipinski definition) is 0. The van der Waals surface area contributed by atoms with Crippen molar-refractivity contribution in [3.05, 3.63) is 48.5 Å². The van der Waals surface area contributed by atoms with Crippen molar-refractivity contribution in [2.75, 3.05) is 12.0 Å².